The molecule has 1 unspecified atom stereocenters. The summed E-state index contributed by atoms with van der Waals surface area (Å²) in [4.78, 5) is 15.9. The molecule has 0 spiro atoms. The maximum atomic E-state index is 12.1. The van der Waals surface area contributed by atoms with Crippen LogP contribution in [0.25, 0.3) is 0 Å². The van der Waals surface area contributed by atoms with E-state index in [2.05, 4.69) is 31.1 Å². The highest BCUT2D eigenvalue weighted by molar-refractivity contribution is 6.33. The van der Waals surface area contributed by atoms with Crippen molar-refractivity contribution in [1.29, 1.82) is 0 Å². The lowest BCUT2D eigenvalue weighted by atomic mass is 9.86. The van der Waals surface area contributed by atoms with Crippen LogP contribution in [0.5, 0.6) is 0 Å². The maximum absolute atomic E-state index is 12.1. The van der Waals surface area contributed by atoms with Crippen molar-refractivity contribution in [3.8, 4) is 0 Å². The average Bonchev–Trinajstić information content (AvgIpc) is 2.52. The molecule has 23 heavy (non-hydrogen) atoms. The van der Waals surface area contributed by atoms with Gasteiger partial charge in [-0.25, -0.2) is 0 Å². The van der Waals surface area contributed by atoms with Gasteiger partial charge < -0.3 is 10.4 Å². The number of nitrogens with one attached hydrogen (secondary N) is 1. The molecule has 1 aromatic carbocycles. The number of carbonyl (C=O) groups excluding carboxylic acids is 1. The summed E-state index contributed by atoms with van der Waals surface area (Å²) in [6, 6.07) is 9.32. The zero-order chi connectivity index (χ0) is 17.0. The van der Waals surface area contributed by atoms with Gasteiger partial charge >= 0.3 is 0 Å². The van der Waals surface area contributed by atoms with Gasteiger partial charge in [0, 0.05) is 18.9 Å². The van der Waals surface area contributed by atoms with Gasteiger partial charge in [-0.15, -0.1) is 0 Å². The van der Waals surface area contributed by atoms with Crippen LogP contribution in [0.4, 0.5) is 0 Å². The largest absolute Gasteiger partial charge is 0.387 e. The fraction of sp³-hybridized carbons (Fsp3) is 0.333. The first kappa shape index (κ1) is 17.4. The minimum atomic E-state index is -0.770. The number of aromatic nitrogens is 1. The number of aliphatic hydroxyl groups excluding tert-OH is 1. The van der Waals surface area contributed by atoms with Gasteiger partial charge in [0.25, 0.3) is 5.91 Å². The average molecular weight is 333 g/mol. The lowest BCUT2D eigenvalue weighted by Gasteiger charge is -2.20. The second-order valence-electron chi connectivity index (χ2n) is 6.45. The SMILES string of the molecule is CC(C)(C)c1ccc(C(O)CNC(=O)c2ccncc2Cl)cc1. The second kappa shape index (κ2) is 7.11. The molecule has 0 bridgehead atoms. The summed E-state index contributed by atoms with van der Waals surface area (Å²) in [7, 11) is 0. The molecule has 0 saturated carbocycles. The minimum absolute atomic E-state index is 0.0653. The molecule has 122 valence electrons. The third kappa shape index (κ3) is 4.53. The molecule has 2 N–H and O–H groups in total. The van der Waals surface area contributed by atoms with Crippen LogP contribution >= 0.6 is 11.6 Å². The molecule has 1 aromatic heterocycles. The number of aliphatic hydroxyl groups is 1. The Labute approximate surface area is 141 Å². The third-order valence-electron chi connectivity index (χ3n) is 3.63. The third-order valence-corrected chi connectivity index (χ3v) is 3.94. The number of hydrogen-bond donors (Lipinski definition) is 2. The number of amides is 1. The van der Waals surface area contributed by atoms with Gasteiger partial charge in [-0.05, 0) is 22.6 Å². The summed E-state index contributed by atoms with van der Waals surface area (Å²) in [5.74, 6) is -0.331. The van der Waals surface area contributed by atoms with Crippen LogP contribution in [-0.4, -0.2) is 22.5 Å². The van der Waals surface area contributed by atoms with Crippen LogP contribution in [0.1, 0.15) is 48.4 Å². The number of halogens is 1. The van der Waals surface area contributed by atoms with Crippen molar-refractivity contribution in [2.24, 2.45) is 0 Å². The minimum Gasteiger partial charge on any atom is -0.387 e. The summed E-state index contributed by atoms with van der Waals surface area (Å²) >= 11 is 5.93. The van der Waals surface area contributed by atoms with Crippen molar-refractivity contribution >= 4 is 17.5 Å². The Bertz CT molecular complexity index is 678. The first-order chi connectivity index (χ1) is 10.8. The molecule has 0 fully saturated rings. The number of carbonyl (C=O) groups is 1. The van der Waals surface area contributed by atoms with Crippen molar-refractivity contribution in [3.63, 3.8) is 0 Å². The molecule has 1 atom stereocenters. The molecule has 0 aliphatic carbocycles. The first-order valence-electron chi connectivity index (χ1n) is 7.45. The maximum Gasteiger partial charge on any atom is 0.253 e. The van der Waals surface area contributed by atoms with Gasteiger partial charge in [0.2, 0.25) is 0 Å². The Hall–Kier alpha value is -1.91. The summed E-state index contributed by atoms with van der Waals surface area (Å²) < 4.78 is 0. The van der Waals surface area contributed by atoms with Crippen LogP contribution in [0.3, 0.4) is 0 Å². The highest BCUT2D eigenvalue weighted by Gasteiger charge is 2.16. The molecule has 5 heteroatoms. The molecule has 2 rings (SSSR count). The van der Waals surface area contributed by atoms with Crippen molar-refractivity contribution in [2.75, 3.05) is 6.54 Å². The van der Waals surface area contributed by atoms with Crippen molar-refractivity contribution in [1.82, 2.24) is 10.3 Å². The van der Waals surface area contributed by atoms with Gasteiger partial charge in [0.15, 0.2) is 0 Å². The van der Waals surface area contributed by atoms with Crippen molar-refractivity contribution in [3.05, 3.63) is 64.4 Å². The fourth-order valence-corrected chi connectivity index (χ4v) is 2.37. The number of rotatable bonds is 4. The Morgan fingerprint density at radius 3 is 2.48 bits per heavy atom. The van der Waals surface area contributed by atoms with Gasteiger partial charge in [0.05, 0.1) is 16.7 Å². The monoisotopic (exact) mass is 332 g/mol. The molecule has 0 aliphatic heterocycles. The molecular formula is C18H21ClN2O2. The van der Waals surface area contributed by atoms with Gasteiger partial charge in [-0.1, -0.05) is 56.6 Å². The predicted molar refractivity (Wildman–Crippen MR) is 91.7 cm³/mol. The van der Waals surface area contributed by atoms with Crippen LogP contribution in [0.15, 0.2) is 42.7 Å². The number of pyridine rings is 1. The van der Waals surface area contributed by atoms with E-state index in [4.69, 9.17) is 11.6 Å². The smallest absolute Gasteiger partial charge is 0.253 e. The molecule has 0 saturated heterocycles. The Morgan fingerprint density at radius 1 is 1.26 bits per heavy atom. The van der Waals surface area contributed by atoms with E-state index in [1.807, 2.05) is 24.3 Å². The Morgan fingerprint density at radius 2 is 1.91 bits per heavy atom. The van der Waals surface area contributed by atoms with Crippen LogP contribution in [-0.2, 0) is 5.41 Å². The van der Waals surface area contributed by atoms with Gasteiger partial charge in [-0.3, -0.25) is 9.78 Å². The quantitative estimate of drug-likeness (QED) is 0.900. The van der Waals surface area contributed by atoms with E-state index in [-0.39, 0.29) is 22.9 Å². The molecule has 1 heterocycles. The highest BCUT2D eigenvalue weighted by atomic mass is 35.5. The zero-order valence-corrected chi connectivity index (χ0v) is 14.3. The lowest BCUT2D eigenvalue weighted by Crippen LogP contribution is -2.28. The fourth-order valence-electron chi connectivity index (χ4n) is 2.17. The molecule has 4 nitrogen and oxygen atoms in total. The number of nitrogens with zero attached hydrogens (tertiary/aromatic N) is 1. The summed E-state index contributed by atoms with van der Waals surface area (Å²) in [5, 5.41) is 13.2. The van der Waals surface area contributed by atoms with E-state index in [9.17, 15) is 9.90 Å². The topological polar surface area (TPSA) is 62.2 Å². The summed E-state index contributed by atoms with van der Waals surface area (Å²) in [6.07, 6.45) is 2.15. The van der Waals surface area contributed by atoms with E-state index in [0.29, 0.717) is 5.56 Å². The molecule has 0 aliphatic rings. The van der Waals surface area contributed by atoms with E-state index in [0.717, 1.165) is 5.56 Å². The lowest BCUT2D eigenvalue weighted by molar-refractivity contribution is 0.0916. The van der Waals surface area contributed by atoms with E-state index in [1.165, 1.54) is 18.0 Å². The highest BCUT2D eigenvalue weighted by Crippen LogP contribution is 2.24. The van der Waals surface area contributed by atoms with E-state index >= 15 is 0 Å². The molecule has 0 radical (unpaired) electrons. The van der Waals surface area contributed by atoms with Gasteiger partial charge in [0.1, 0.15) is 0 Å². The zero-order valence-electron chi connectivity index (χ0n) is 13.5. The van der Waals surface area contributed by atoms with Crippen LogP contribution in [0, 0.1) is 0 Å². The number of benzene rings is 1. The summed E-state index contributed by atoms with van der Waals surface area (Å²) in [6.45, 7) is 6.53. The van der Waals surface area contributed by atoms with Crippen molar-refractivity contribution < 1.29 is 9.90 Å². The predicted octanol–water partition coefficient (Wildman–Crippen LogP) is 3.50. The van der Waals surface area contributed by atoms with E-state index in [1.54, 1.807) is 6.07 Å². The van der Waals surface area contributed by atoms with E-state index < -0.39 is 6.10 Å². The second-order valence-corrected chi connectivity index (χ2v) is 6.86. The molecule has 1 amide bonds. The Kier molecular flexibility index (Phi) is 5.39. The first-order valence-corrected chi connectivity index (χ1v) is 7.83. The van der Waals surface area contributed by atoms with Crippen LogP contribution in [0.2, 0.25) is 5.02 Å². The summed E-state index contributed by atoms with van der Waals surface area (Å²) in [5.41, 5.74) is 2.37. The molecular weight excluding hydrogens is 312 g/mol. The standard InChI is InChI=1S/C18H21ClN2O2/c1-18(2,3)13-6-4-12(5-7-13)16(22)11-21-17(23)14-8-9-20-10-15(14)19/h4-10,16,22H,11H2,1-3H3,(H,21,23). The Balaban J connectivity index is 1.98. The molecule has 2 aromatic rings. The number of hydrogen-bond acceptors (Lipinski definition) is 3. The van der Waals surface area contributed by atoms with Crippen LogP contribution < -0.4 is 5.32 Å². The normalized spacial score (nSPS) is 12.7. The van der Waals surface area contributed by atoms with Gasteiger partial charge in [-0.2, -0.15) is 0 Å². The van der Waals surface area contributed by atoms with Crippen molar-refractivity contribution in [2.45, 2.75) is 32.3 Å².